The summed E-state index contributed by atoms with van der Waals surface area (Å²) < 4.78 is 6.94. The Bertz CT molecular complexity index is 907. The molecule has 0 bridgehead atoms. The minimum absolute atomic E-state index is 0.0453. The van der Waals surface area contributed by atoms with Gasteiger partial charge in [-0.15, -0.1) is 0 Å². The van der Waals surface area contributed by atoms with E-state index >= 15 is 0 Å². The van der Waals surface area contributed by atoms with E-state index in [2.05, 4.69) is 16.9 Å². The number of nitrogen functional groups attached to an aromatic ring is 1. The van der Waals surface area contributed by atoms with E-state index in [9.17, 15) is 9.90 Å². The van der Waals surface area contributed by atoms with Gasteiger partial charge in [0.2, 0.25) is 0 Å². The number of carbonyl (C=O) groups excluding carboxylic acids is 1. The molecule has 150 valence electrons. The van der Waals surface area contributed by atoms with Crippen molar-refractivity contribution in [3.05, 3.63) is 53.0 Å². The van der Waals surface area contributed by atoms with Crippen LogP contribution in [0.4, 0.5) is 10.6 Å². The summed E-state index contributed by atoms with van der Waals surface area (Å²) in [4.78, 5) is 16.1. The zero-order chi connectivity index (χ0) is 21.1. The molecule has 2 aromatic rings. The molecule has 0 aliphatic heterocycles. The Hall–Kier alpha value is -2.93. The number of rotatable bonds is 5. The number of aromatic nitrogens is 2. The number of aromatic hydroxyl groups is 1. The number of benzene rings is 1. The lowest BCUT2D eigenvalue weighted by atomic mass is 9.99. The average molecular weight is 405 g/mol. The summed E-state index contributed by atoms with van der Waals surface area (Å²) in [6.07, 6.45) is 2.74. The lowest BCUT2D eigenvalue weighted by Crippen LogP contribution is -2.33. The highest BCUT2D eigenvalue weighted by Gasteiger charge is 2.18. The molecule has 0 fully saturated rings. The molecule has 4 N–H and O–H groups in total. The summed E-state index contributed by atoms with van der Waals surface area (Å²) in [5.41, 5.74) is 7.22. The van der Waals surface area contributed by atoms with E-state index in [0.717, 1.165) is 0 Å². The summed E-state index contributed by atoms with van der Waals surface area (Å²) in [7, 11) is 0. The number of alkyl carbamates (subject to hydrolysis) is 1. The van der Waals surface area contributed by atoms with Crippen LogP contribution < -0.4 is 11.1 Å². The first kappa shape index (κ1) is 21.4. The second kappa shape index (κ2) is 8.39. The number of amides is 1. The number of carbonyl (C=O) groups is 1. The molecule has 2 rings (SSSR count). The van der Waals surface area contributed by atoms with E-state index in [0.29, 0.717) is 33.4 Å². The van der Waals surface area contributed by atoms with Crippen molar-refractivity contribution in [2.24, 2.45) is 0 Å². The standard InChI is InChI=1S/C20H25ClN4O3/c1-12(9-24-19(27)28-20(3,4)5)16(11-25-13(2)23-10-18(25)22)15-7-6-14(26)8-17(15)21/h6-8,10-11,26H,1,9,22H2,2-5H3,(H,24,27)/b16-11+. The first-order valence-electron chi connectivity index (χ1n) is 8.63. The fourth-order valence-corrected chi connectivity index (χ4v) is 2.71. The summed E-state index contributed by atoms with van der Waals surface area (Å²) in [5.74, 6) is 1.17. The first-order valence-corrected chi connectivity index (χ1v) is 9.00. The van der Waals surface area contributed by atoms with Gasteiger partial charge >= 0.3 is 6.09 Å². The van der Waals surface area contributed by atoms with Gasteiger partial charge in [-0.05, 0) is 51.5 Å². The SMILES string of the molecule is C=C(CNC(=O)OC(C)(C)C)/C(=C\n1c(N)cnc1C)c1ccc(O)cc1Cl. The van der Waals surface area contributed by atoms with E-state index in [4.69, 9.17) is 22.1 Å². The number of phenolic OH excluding ortho intramolecular Hbond substituents is 1. The lowest BCUT2D eigenvalue weighted by molar-refractivity contribution is 0.0533. The largest absolute Gasteiger partial charge is 0.508 e. The molecule has 1 aromatic heterocycles. The van der Waals surface area contributed by atoms with E-state index in [1.807, 2.05) is 6.92 Å². The van der Waals surface area contributed by atoms with Crippen molar-refractivity contribution in [1.82, 2.24) is 14.9 Å². The molecule has 28 heavy (non-hydrogen) atoms. The fourth-order valence-electron chi connectivity index (χ4n) is 2.43. The summed E-state index contributed by atoms with van der Waals surface area (Å²) >= 11 is 6.33. The predicted molar refractivity (Wildman–Crippen MR) is 112 cm³/mol. The maximum absolute atomic E-state index is 12.0. The van der Waals surface area contributed by atoms with Crippen LogP contribution in [0.5, 0.6) is 5.75 Å². The number of nitrogens with two attached hydrogens (primary N) is 1. The number of phenols is 1. The molecule has 0 unspecified atom stereocenters. The molecule has 1 heterocycles. The number of nitrogens with zero attached hydrogens (tertiary/aromatic N) is 2. The van der Waals surface area contributed by atoms with Gasteiger partial charge in [0.15, 0.2) is 0 Å². The highest BCUT2D eigenvalue weighted by Crippen LogP contribution is 2.32. The van der Waals surface area contributed by atoms with Gasteiger partial charge in [0.05, 0.1) is 11.2 Å². The van der Waals surface area contributed by atoms with Crippen LogP contribution in [-0.4, -0.2) is 32.9 Å². The van der Waals surface area contributed by atoms with Crippen molar-refractivity contribution in [2.45, 2.75) is 33.3 Å². The van der Waals surface area contributed by atoms with Crippen LogP contribution in [0, 0.1) is 6.92 Å². The van der Waals surface area contributed by atoms with Crippen molar-refractivity contribution >= 4 is 35.3 Å². The molecule has 0 atom stereocenters. The van der Waals surface area contributed by atoms with Crippen LogP contribution in [0.3, 0.4) is 0 Å². The highest BCUT2D eigenvalue weighted by molar-refractivity contribution is 6.33. The molecule has 8 heteroatoms. The molecule has 1 amide bonds. The van der Waals surface area contributed by atoms with Gasteiger partial charge in [0.1, 0.15) is 23.0 Å². The van der Waals surface area contributed by atoms with Crippen LogP contribution in [-0.2, 0) is 4.74 Å². The first-order chi connectivity index (χ1) is 13.0. The molecule has 0 saturated heterocycles. The van der Waals surface area contributed by atoms with E-state index in [-0.39, 0.29) is 12.3 Å². The Morgan fingerprint density at radius 3 is 2.68 bits per heavy atom. The third-order valence-electron chi connectivity index (χ3n) is 3.74. The van der Waals surface area contributed by atoms with Gasteiger partial charge in [-0.3, -0.25) is 4.57 Å². The van der Waals surface area contributed by atoms with Crippen LogP contribution in [0.15, 0.2) is 36.5 Å². The molecular formula is C20H25ClN4O3. The Balaban J connectivity index is 2.36. The number of anilines is 1. The zero-order valence-corrected chi connectivity index (χ0v) is 17.2. The fraction of sp³-hybridized carbons (Fsp3) is 0.300. The number of hydrogen-bond donors (Lipinski definition) is 3. The molecule has 0 saturated carbocycles. The highest BCUT2D eigenvalue weighted by atomic mass is 35.5. The maximum Gasteiger partial charge on any atom is 0.407 e. The third-order valence-corrected chi connectivity index (χ3v) is 4.05. The Kier molecular flexibility index (Phi) is 6.41. The van der Waals surface area contributed by atoms with Crippen molar-refractivity contribution in [1.29, 1.82) is 0 Å². The number of nitrogens with one attached hydrogen (secondary N) is 1. The topological polar surface area (TPSA) is 102 Å². The zero-order valence-electron chi connectivity index (χ0n) is 16.4. The summed E-state index contributed by atoms with van der Waals surface area (Å²) in [5, 5.41) is 12.7. The van der Waals surface area contributed by atoms with Crippen molar-refractivity contribution in [3.8, 4) is 5.75 Å². The van der Waals surface area contributed by atoms with E-state index in [1.165, 1.54) is 12.1 Å². The van der Waals surface area contributed by atoms with Gasteiger partial charge < -0.3 is 20.9 Å². The minimum Gasteiger partial charge on any atom is -0.508 e. The molecule has 7 nitrogen and oxygen atoms in total. The number of hydrogen-bond acceptors (Lipinski definition) is 5. The average Bonchev–Trinajstić information content (AvgIpc) is 2.88. The Labute approximate surface area is 169 Å². The van der Waals surface area contributed by atoms with Gasteiger partial charge in [-0.2, -0.15) is 0 Å². The Morgan fingerprint density at radius 2 is 2.14 bits per heavy atom. The third kappa shape index (κ3) is 5.53. The van der Waals surface area contributed by atoms with Crippen molar-refractivity contribution in [3.63, 3.8) is 0 Å². The van der Waals surface area contributed by atoms with Gasteiger partial charge in [-0.1, -0.05) is 18.2 Å². The summed E-state index contributed by atoms with van der Waals surface area (Å²) in [6.45, 7) is 11.4. The monoisotopic (exact) mass is 404 g/mol. The molecular weight excluding hydrogens is 380 g/mol. The van der Waals surface area contributed by atoms with E-state index in [1.54, 1.807) is 43.8 Å². The Morgan fingerprint density at radius 1 is 1.46 bits per heavy atom. The molecule has 0 aliphatic carbocycles. The summed E-state index contributed by atoms with van der Waals surface area (Å²) in [6, 6.07) is 4.63. The van der Waals surface area contributed by atoms with Crippen LogP contribution in [0.25, 0.3) is 11.8 Å². The van der Waals surface area contributed by atoms with Crippen molar-refractivity contribution < 1.29 is 14.6 Å². The predicted octanol–water partition coefficient (Wildman–Crippen LogP) is 4.21. The second-order valence-electron chi connectivity index (χ2n) is 7.27. The minimum atomic E-state index is -0.604. The normalized spacial score (nSPS) is 12.0. The molecule has 0 aliphatic rings. The van der Waals surface area contributed by atoms with Crippen molar-refractivity contribution in [2.75, 3.05) is 12.3 Å². The van der Waals surface area contributed by atoms with Gasteiger partial charge in [0, 0.05) is 23.9 Å². The maximum atomic E-state index is 12.0. The molecule has 0 radical (unpaired) electrons. The van der Waals surface area contributed by atoms with E-state index < -0.39 is 11.7 Å². The van der Waals surface area contributed by atoms with Gasteiger partial charge in [-0.25, -0.2) is 9.78 Å². The number of ether oxygens (including phenoxy) is 1. The number of halogens is 1. The second-order valence-corrected chi connectivity index (χ2v) is 7.67. The lowest BCUT2D eigenvalue weighted by Gasteiger charge is -2.20. The molecule has 0 spiro atoms. The molecule has 1 aromatic carbocycles. The van der Waals surface area contributed by atoms with Gasteiger partial charge in [0.25, 0.3) is 0 Å². The number of imidazole rings is 1. The number of aryl methyl sites for hydroxylation is 1. The van der Waals surface area contributed by atoms with Crippen LogP contribution >= 0.6 is 11.6 Å². The van der Waals surface area contributed by atoms with Crippen LogP contribution in [0.2, 0.25) is 5.02 Å². The smallest absolute Gasteiger partial charge is 0.407 e. The quantitative estimate of drug-likeness (QED) is 0.647. The van der Waals surface area contributed by atoms with Crippen LogP contribution in [0.1, 0.15) is 32.2 Å².